The molecule has 1 unspecified atom stereocenters. The highest BCUT2D eigenvalue weighted by molar-refractivity contribution is 6.22. The Morgan fingerprint density at radius 2 is 1.61 bits per heavy atom. The van der Waals surface area contributed by atoms with E-state index in [1.165, 1.54) is 4.90 Å². The Hall–Kier alpha value is -3.61. The van der Waals surface area contributed by atoms with Gasteiger partial charge in [-0.2, -0.15) is 0 Å². The van der Waals surface area contributed by atoms with Crippen LogP contribution in [0.25, 0.3) is 0 Å². The number of carbonyl (C=O) groups excluding carboxylic acids is 3. The summed E-state index contributed by atoms with van der Waals surface area (Å²) in [5.41, 5.74) is 2.94. The number of benzene rings is 2. The van der Waals surface area contributed by atoms with E-state index in [1.54, 1.807) is 38.1 Å². The second kappa shape index (κ2) is 9.47. The Bertz CT molecular complexity index is 1040. The molecule has 1 atom stereocenters. The van der Waals surface area contributed by atoms with E-state index in [4.69, 9.17) is 9.47 Å². The van der Waals surface area contributed by atoms with Gasteiger partial charge in [-0.25, -0.2) is 9.59 Å². The lowest BCUT2D eigenvalue weighted by Crippen LogP contribution is -2.43. The van der Waals surface area contributed by atoms with Gasteiger partial charge in [0, 0.05) is 11.4 Å². The molecule has 0 saturated carbocycles. The first-order valence-electron chi connectivity index (χ1n) is 10.2. The van der Waals surface area contributed by atoms with Crippen LogP contribution in [0.5, 0.6) is 0 Å². The highest BCUT2D eigenvalue weighted by atomic mass is 16.5. The molecule has 2 aromatic rings. The fourth-order valence-electron chi connectivity index (χ4n) is 3.52. The van der Waals surface area contributed by atoms with Gasteiger partial charge in [-0.1, -0.05) is 24.3 Å². The largest absolute Gasteiger partial charge is 0.464 e. The first-order chi connectivity index (χ1) is 14.9. The minimum Gasteiger partial charge on any atom is -0.464 e. The lowest BCUT2D eigenvalue weighted by atomic mass is 10.1. The third-order valence-corrected chi connectivity index (χ3v) is 4.81. The monoisotopic (exact) mass is 422 g/mol. The fraction of sp³-hybridized carbons (Fsp3) is 0.292. The molecule has 0 bridgehead atoms. The molecule has 0 aliphatic carbocycles. The maximum Gasteiger partial charge on any atom is 0.339 e. The van der Waals surface area contributed by atoms with Gasteiger partial charge in [-0.15, -0.1) is 0 Å². The van der Waals surface area contributed by atoms with Gasteiger partial charge in [-0.05, 0) is 63.1 Å². The smallest absolute Gasteiger partial charge is 0.339 e. The molecule has 0 radical (unpaired) electrons. The molecule has 162 valence electrons. The van der Waals surface area contributed by atoms with E-state index < -0.39 is 23.9 Å². The molecule has 1 amide bonds. The van der Waals surface area contributed by atoms with Gasteiger partial charge < -0.3 is 14.8 Å². The highest BCUT2D eigenvalue weighted by Gasteiger charge is 2.49. The summed E-state index contributed by atoms with van der Waals surface area (Å²) < 4.78 is 10.4. The van der Waals surface area contributed by atoms with E-state index >= 15 is 0 Å². The zero-order chi connectivity index (χ0) is 22.5. The summed E-state index contributed by atoms with van der Waals surface area (Å²) in [6.07, 6.45) is 0. The van der Waals surface area contributed by atoms with Crippen molar-refractivity contribution in [3.63, 3.8) is 0 Å². The number of anilines is 2. The summed E-state index contributed by atoms with van der Waals surface area (Å²) in [4.78, 5) is 40.7. The number of nitrogens with zero attached hydrogens (tertiary/aromatic N) is 1. The summed E-state index contributed by atoms with van der Waals surface area (Å²) in [6.45, 7) is 7.36. The highest BCUT2D eigenvalue weighted by Crippen LogP contribution is 2.34. The molecular weight excluding hydrogens is 396 g/mol. The summed E-state index contributed by atoms with van der Waals surface area (Å²) in [7, 11) is 0. The lowest BCUT2D eigenvalue weighted by Gasteiger charge is -2.25. The Labute approximate surface area is 181 Å². The topological polar surface area (TPSA) is 84.9 Å². The Morgan fingerprint density at radius 1 is 0.968 bits per heavy atom. The van der Waals surface area contributed by atoms with Crippen LogP contribution in [0.15, 0.2) is 59.8 Å². The summed E-state index contributed by atoms with van der Waals surface area (Å²) in [5, 5.41) is 3.04. The third kappa shape index (κ3) is 4.60. The molecule has 0 saturated heterocycles. The molecule has 2 aromatic carbocycles. The summed E-state index contributed by atoms with van der Waals surface area (Å²) in [6, 6.07) is 13.3. The minimum absolute atomic E-state index is 0.00334. The fourth-order valence-corrected chi connectivity index (χ4v) is 3.52. The van der Waals surface area contributed by atoms with Crippen LogP contribution >= 0.6 is 0 Å². The standard InChI is InChI=1S/C24H26N2O5/c1-5-30-23(28)19-20(25-17-11-7-9-15(3)13-17)22(27)26(21(19)24(29)31-6-2)18-12-8-10-16(4)14-18/h7-14,21,25H,5-6H2,1-4H3. The third-order valence-electron chi connectivity index (χ3n) is 4.81. The second-order valence-corrected chi connectivity index (χ2v) is 7.17. The van der Waals surface area contributed by atoms with E-state index in [-0.39, 0.29) is 24.5 Å². The predicted octanol–water partition coefficient (Wildman–Crippen LogP) is 3.51. The average Bonchev–Trinajstić information content (AvgIpc) is 3.01. The van der Waals surface area contributed by atoms with Crippen LogP contribution in [0.1, 0.15) is 25.0 Å². The van der Waals surface area contributed by atoms with E-state index in [0.29, 0.717) is 11.4 Å². The molecule has 1 N–H and O–H groups in total. The molecule has 1 aliphatic heterocycles. The van der Waals surface area contributed by atoms with Gasteiger partial charge in [0.15, 0.2) is 6.04 Å². The molecular formula is C24H26N2O5. The van der Waals surface area contributed by atoms with Crippen molar-refractivity contribution in [2.45, 2.75) is 33.7 Å². The van der Waals surface area contributed by atoms with E-state index in [0.717, 1.165) is 11.1 Å². The van der Waals surface area contributed by atoms with Crippen molar-refractivity contribution < 1.29 is 23.9 Å². The van der Waals surface area contributed by atoms with Crippen LogP contribution in [0.3, 0.4) is 0 Å². The lowest BCUT2D eigenvalue weighted by molar-refractivity contribution is -0.147. The van der Waals surface area contributed by atoms with Gasteiger partial charge in [0.1, 0.15) is 11.3 Å². The van der Waals surface area contributed by atoms with E-state index in [9.17, 15) is 14.4 Å². The van der Waals surface area contributed by atoms with Crippen molar-refractivity contribution in [3.8, 4) is 0 Å². The first kappa shape index (κ1) is 22.1. The number of hydrogen-bond acceptors (Lipinski definition) is 6. The Kier molecular flexibility index (Phi) is 6.74. The van der Waals surface area contributed by atoms with Crippen LogP contribution in [0, 0.1) is 13.8 Å². The van der Waals surface area contributed by atoms with Crippen molar-refractivity contribution in [2.75, 3.05) is 23.4 Å². The number of carbonyl (C=O) groups is 3. The van der Waals surface area contributed by atoms with Crippen LogP contribution in [0.2, 0.25) is 0 Å². The van der Waals surface area contributed by atoms with Crippen molar-refractivity contribution in [2.24, 2.45) is 0 Å². The van der Waals surface area contributed by atoms with E-state index in [1.807, 2.05) is 38.1 Å². The first-order valence-corrected chi connectivity index (χ1v) is 10.2. The number of amides is 1. The number of hydrogen-bond donors (Lipinski definition) is 1. The zero-order valence-electron chi connectivity index (χ0n) is 18.1. The van der Waals surface area contributed by atoms with Gasteiger partial charge in [0.25, 0.3) is 5.91 Å². The number of rotatable bonds is 7. The Morgan fingerprint density at radius 3 is 2.23 bits per heavy atom. The number of nitrogens with one attached hydrogen (secondary N) is 1. The maximum absolute atomic E-state index is 13.5. The van der Waals surface area contributed by atoms with E-state index in [2.05, 4.69) is 5.32 Å². The minimum atomic E-state index is -1.25. The molecule has 1 aliphatic rings. The van der Waals surface area contributed by atoms with Gasteiger partial charge in [0.05, 0.1) is 13.2 Å². The quantitative estimate of drug-likeness (QED) is 0.688. The number of ether oxygens (including phenoxy) is 2. The van der Waals surface area contributed by atoms with Crippen LogP contribution in [-0.4, -0.2) is 37.1 Å². The van der Waals surface area contributed by atoms with Crippen molar-refractivity contribution in [1.82, 2.24) is 0 Å². The molecule has 1 heterocycles. The van der Waals surface area contributed by atoms with Gasteiger partial charge >= 0.3 is 11.9 Å². The normalized spacial score (nSPS) is 15.8. The molecule has 3 rings (SSSR count). The molecule has 7 nitrogen and oxygen atoms in total. The summed E-state index contributed by atoms with van der Waals surface area (Å²) >= 11 is 0. The average molecular weight is 422 g/mol. The van der Waals surface area contributed by atoms with Crippen LogP contribution in [0.4, 0.5) is 11.4 Å². The SMILES string of the molecule is CCOC(=O)C1=C(Nc2cccc(C)c2)C(=O)N(c2cccc(C)c2)C1C(=O)OCC. The van der Waals surface area contributed by atoms with Crippen molar-refractivity contribution in [3.05, 3.63) is 70.9 Å². The maximum atomic E-state index is 13.5. The predicted molar refractivity (Wildman–Crippen MR) is 118 cm³/mol. The molecule has 0 aromatic heterocycles. The Balaban J connectivity index is 2.16. The second-order valence-electron chi connectivity index (χ2n) is 7.17. The summed E-state index contributed by atoms with van der Waals surface area (Å²) in [5.74, 6) is -1.94. The number of esters is 2. The molecule has 0 fully saturated rings. The van der Waals surface area contributed by atoms with Crippen LogP contribution < -0.4 is 10.2 Å². The van der Waals surface area contributed by atoms with Crippen molar-refractivity contribution in [1.29, 1.82) is 0 Å². The number of aryl methyl sites for hydroxylation is 2. The zero-order valence-corrected chi connectivity index (χ0v) is 18.1. The molecule has 31 heavy (non-hydrogen) atoms. The molecule has 7 heteroatoms. The van der Waals surface area contributed by atoms with Gasteiger partial charge in [-0.3, -0.25) is 9.69 Å². The van der Waals surface area contributed by atoms with Gasteiger partial charge in [0.2, 0.25) is 0 Å². The van der Waals surface area contributed by atoms with Crippen LogP contribution in [-0.2, 0) is 23.9 Å². The molecule has 0 spiro atoms. The van der Waals surface area contributed by atoms with Crippen molar-refractivity contribution >= 4 is 29.2 Å².